The average molecular weight is 334 g/mol. The number of carbonyl (C=O) groups excluding carboxylic acids is 1. The Kier molecular flexibility index (Phi) is 5.56. The molecule has 1 aromatic heterocycles. The van der Waals surface area contributed by atoms with Gasteiger partial charge in [0.2, 0.25) is 5.91 Å². The molecule has 1 aliphatic heterocycles. The van der Waals surface area contributed by atoms with Crippen LogP contribution in [0.1, 0.15) is 70.2 Å². The minimum absolute atomic E-state index is 0.00343. The summed E-state index contributed by atoms with van der Waals surface area (Å²) in [6.07, 6.45) is 8.22. The van der Waals surface area contributed by atoms with Crippen molar-refractivity contribution in [2.24, 2.45) is 0 Å². The van der Waals surface area contributed by atoms with E-state index >= 15 is 0 Å². The predicted octanol–water partition coefficient (Wildman–Crippen LogP) is 2.33. The van der Waals surface area contributed by atoms with Gasteiger partial charge >= 0.3 is 0 Å². The van der Waals surface area contributed by atoms with Gasteiger partial charge in [0, 0.05) is 37.9 Å². The van der Waals surface area contributed by atoms with Gasteiger partial charge in [0.25, 0.3) is 0 Å². The van der Waals surface area contributed by atoms with Gasteiger partial charge in [-0.2, -0.15) is 5.10 Å². The maximum atomic E-state index is 12.0. The van der Waals surface area contributed by atoms with Crippen molar-refractivity contribution in [3.05, 3.63) is 18.0 Å². The third-order valence-electron chi connectivity index (χ3n) is 5.37. The van der Waals surface area contributed by atoms with Crippen LogP contribution >= 0.6 is 0 Å². The van der Waals surface area contributed by atoms with Gasteiger partial charge in [-0.1, -0.05) is 0 Å². The van der Waals surface area contributed by atoms with E-state index in [1.54, 1.807) is 7.11 Å². The lowest BCUT2D eigenvalue weighted by Gasteiger charge is -2.38. The van der Waals surface area contributed by atoms with Crippen molar-refractivity contribution in [3.8, 4) is 0 Å². The Hall–Kier alpha value is -1.40. The molecule has 1 amide bonds. The van der Waals surface area contributed by atoms with Crippen LogP contribution in [0.2, 0.25) is 0 Å². The van der Waals surface area contributed by atoms with Crippen LogP contribution in [0.25, 0.3) is 0 Å². The Bertz CT molecular complexity index is 549. The van der Waals surface area contributed by atoms with Crippen molar-refractivity contribution in [3.63, 3.8) is 0 Å². The van der Waals surface area contributed by atoms with Gasteiger partial charge < -0.3 is 15.4 Å². The molecule has 24 heavy (non-hydrogen) atoms. The number of aromatic nitrogens is 2. The minimum Gasteiger partial charge on any atom is -0.381 e. The number of piperidine rings is 1. The molecule has 3 rings (SSSR count). The summed E-state index contributed by atoms with van der Waals surface area (Å²) in [6, 6.07) is 3.09. The van der Waals surface area contributed by atoms with E-state index in [-0.39, 0.29) is 24.0 Å². The highest BCUT2D eigenvalue weighted by Crippen LogP contribution is 2.28. The average Bonchev–Trinajstić information content (AvgIpc) is 3.07. The van der Waals surface area contributed by atoms with E-state index in [1.807, 2.05) is 16.9 Å². The molecule has 1 saturated heterocycles. The molecule has 1 aromatic rings. The van der Waals surface area contributed by atoms with Gasteiger partial charge in [0.15, 0.2) is 0 Å². The van der Waals surface area contributed by atoms with Gasteiger partial charge in [-0.25, -0.2) is 0 Å². The van der Waals surface area contributed by atoms with Gasteiger partial charge in [0.05, 0.1) is 17.8 Å². The second-order valence-corrected chi connectivity index (χ2v) is 7.36. The summed E-state index contributed by atoms with van der Waals surface area (Å²) in [5.41, 5.74) is 1.10. The zero-order valence-electron chi connectivity index (χ0n) is 15.0. The van der Waals surface area contributed by atoms with Crippen LogP contribution in [0, 0.1) is 0 Å². The molecule has 0 radical (unpaired) electrons. The third kappa shape index (κ3) is 3.81. The van der Waals surface area contributed by atoms with Crippen LogP contribution in [0.4, 0.5) is 0 Å². The summed E-state index contributed by atoms with van der Waals surface area (Å²) in [5, 5.41) is 11.4. The molecule has 1 aliphatic carbocycles. The molecule has 2 N–H and O–H groups in total. The molecule has 2 atom stereocenters. The number of hydrogen-bond donors (Lipinski definition) is 2. The van der Waals surface area contributed by atoms with Crippen molar-refractivity contribution in [1.29, 1.82) is 0 Å². The van der Waals surface area contributed by atoms with E-state index in [0.717, 1.165) is 37.8 Å². The highest BCUT2D eigenvalue weighted by molar-refractivity contribution is 5.77. The summed E-state index contributed by atoms with van der Waals surface area (Å²) in [4.78, 5) is 12.0. The number of nitrogens with zero attached hydrogens (tertiary/aromatic N) is 2. The fourth-order valence-electron chi connectivity index (χ4n) is 4.03. The lowest BCUT2D eigenvalue weighted by atomic mass is 9.89. The van der Waals surface area contributed by atoms with Gasteiger partial charge in [-0.3, -0.25) is 9.48 Å². The number of rotatable bonds is 5. The molecule has 2 heterocycles. The Morgan fingerprint density at radius 2 is 2.04 bits per heavy atom. The Labute approximate surface area is 144 Å². The maximum absolute atomic E-state index is 12.0. The fourth-order valence-corrected chi connectivity index (χ4v) is 4.03. The molecule has 0 spiro atoms. The molecular weight excluding hydrogens is 304 g/mol. The summed E-state index contributed by atoms with van der Waals surface area (Å²) in [6.45, 7) is 4.24. The second-order valence-electron chi connectivity index (χ2n) is 7.36. The largest absolute Gasteiger partial charge is 0.381 e. The molecule has 0 unspecified atom stereocenters. The topological polar surface area (TPSA) is 68.2 Å². The van der Waals surface area contributed by atoms with Crippen LogP contribution in [-0.2, 0) is 9.53 Å². The zero-order valence-corrected chi connectivity index (χ0v) is 15.0. The Morgan fingerprint density at radius 3 is 2.71 bits per heavy atom. The number of amides is 1. The SMILES string of the molecule is COC1CCC(N[C@@H]2CCC(=O)N[C@H]2c2ccnn2C(C)C)CC1. The summed E-state index contributed by atoms with van der Waals surface area (Å²) in [5.74, 6) is 0.137. The maximum Gasteiger partial charge on any atom is 0.220 e. The first-order chi connectivity index (χ1) is 11.6. The zero-order chi connectivity index (χ0) is 17.1. The van der Waals surface area contributed by atoms with E-state index in [4.69, 9.17) is 4.74 Å². The molecule has 6 nitrogen and oxygen atoms in total. The number of methoxy groups -OCH3 is 1. The van der Waals surface area contributed by atoms with Gasteiger partial charge in [0.1, 0.15) is 0 Å². The van der Waals surface area contributed by atoms with E-state index in [0.29, 0.717) is 18.6 Å². The van der Waals surface area contributed by atoms with Crippen LogP contribution in [0.15, 0.2) is 12.3 Å². The van der Waals surface area contributed by atoms with Gasteiger partial charge in [-0.15, -0.1) is 0 Å². The van der Waals surface area contributed by atoms with Gasteiger partial charge in [-0.05, 0) is 52.0 Å². The molecule has 1 saturated carbocycles. The Balaban J connectivity index is 1.70. The van der Waals surface area contributed by atoms with E-state index in [9.17, 15) is 4.79 Å². The molecule has 0 bridgehead atoms. The van der Waals surface area contributed by atoms with Crippen LogP contribution in [0.3, 0.4) is 0 Å². The molecular formula is C18H30N4O2. The van der Waals surface area contributed by atoms with E-state index in [2.05, 4.69) is 29.6 Å². The standard InChI is InChI=1S/C18H30N4O2/c1-12(2)22-16(10-11-19-22)18-15(8-9-17(23)21-18)20-13-4-6-14(24-3)7-5-13/h10-15,18,20H,4-9H2,1-3H3,(H,21,23)/t13?,14?,15-,18-/m1/s1. The number of hydrogen-bond acceptors (Lipinski definition) is 4. The monoisotopic (exact) mass is 334 g/mol. The smallest absolute Gasteiger partial charge is 0.220 e. The number of carbonyl (C=O) groups is 1. The van der Waals surface area contributed by atoms with Crippen molar-refractivity contribution in [2.75, 3.05) is 7.11 Å². The lowest BCUT2D eigenvalue weighted by molar-refractivity contribution is -0.124. The first-order valence-electron chi connectivity index (χ1n) is 9.20. The van der Waals surface area contributed by atoms with E-state index < -0.39 is 0 Å². The first kappa shape index (κ1) is 17.4. The van der Waals surface area contributed by atoms with Crippen LogP contribution in [0.5, 0.6) is 0 Å². The first-order valence-corrected chi connectivity index (χ1v) is 9.20. The van der Waals surface area contributed by atoms with Crippen molar-refractivity contribution < 1.29 is 9.53 Å². The minimum atomic E-state index is -0.00343. The number of ether oxygens (including phenoxy) is 1. The Morgan fingerprint density at radius 1 is 1.29 bits per heavy atom. The number of nitrogens with one attached hydrogen (secondary N) is 2. The van der Waals surface area contributed by atoms with Crippen molar-refractivity contribution in [2.45, 2.75) is 82.6 Å². The molecule has 2 aliphatic rings. The highest BCUT2D eigenvalue weighted by atomic mass is 16.5. The summed E-state index contributed by atoms with van der Waals surface area (Å²) >= 11 is 0. The molecule has 134 valence electrons. The van der Waals surface area contributed by atoms with Crippen molar-refractivity contribution >= 4 is 5.91 Å². The highest BCUT2D eigenvalue weighted by Gasteiger charge is 2.34. The summed E-state index contributed by atoms with van der Waals surface area (Å²) < 4.78 is 7.49. The van der Waals surface area contributed by atoms with E-state index in [1.165, 1.54) is 0 Å². The third-order valence-corrected chi connectivity index (χ3v) is 5.37. The molecule has 6 heteroatoms. The lowest BCUT2D eigenvalue weighted by Crippen LogP contribution is -2.52. The quantitative estimate of drug-likeness (QED) is 0.867. The second kappa shape index (κ2) is 7.66. The summed E-state index contributed by atoms with van der Waals surface area (Å²) in [7, 11) is 1.80. The van der Waals surface area contributed by atoms with Crippen LogP contribution in [-0.4, -0.2) is 41.0 Å². The molecule has 0 aromatic carbocycles. The van der Waals surface area contributed by atoms with Crippen LogP contribution < -0.4 is 10.6 Å². The van der Waals surface area contributed by atoms with Crippen molar-refractivity contribution in [1.82, 2.24) is 20.4 Å². The fraction of sp³-hybridized carbons (Fsp3) is 0.778. The normalized spacial score (nSPS) is 31.2. The molecule has 2 fully saturated rings. The predicted molar refractivity (Wildman–Crippen MR) is 92.7 cm³/mol.